The lowest BCUT2D eigenvalue weighted by molar-refractivity contribution is 0.0537. The van der Waals surface area contributed by atoms with E-state index in [0.717, 1.165) is 56.2 Å². The third-order valence-electron chi connectivity index (χ3n) is 4.17. The van der Waals surface area contributed by atoms with Crippen LogP contribution >= 0.6 is 11.6 Å². The summed E-state index contributed by atoms with van der Waals surface area (Å²) in [5.74, 6) is 1.59. The van der Waals surface area contributed by atoms with E-state index >= 15 is 0 Å². The van der Waals surface area contributed by atoms with Gasteiger partial charge in [-0.2, -0.15) is 0 Å². The van der Waals surface area contributed by atoms with Gasteiger partial charge in [-0.1, -0.05) is 18.5 Å². The van der Waals surface area contributed by atoms with Crippen molar-refractivity contribution in [2.75, 3.05) is 26.9 Å². The smallest absolute Gasteiger partial charge is 0.122 e. The van der Waals surface area contributed by atoms with Crippen molar-refractivity contribution in [3.63, 3.8) is 0 Å². The number of hydrogen-bond acceptors (Lipinski definition) is 3. The van der Waals surface area contributed by atoms with E-state index in [1.807, 2.05) is 18.2 Å². The van der Waals surface area contributed by atoms with E-state index in [4.69, 9.17) is 21.1 Å². The highest BCUT2D eigenvalue weighted by Crippen LogP contribution is 2.28. The van der Waals surface area contributed by atoms with Crippen molar-refractivity contribution in [1.82, 2.24) is 5.32 Å². The highest BCUT2D eigenvalue weighted by Gasteiger charge is 2.24. The summed E-state index contributed by atoms with van der Waals surface area (Å²) in [4.78, 5) is 0. The SMILES string of the molecule is CCCNC(Cc1cc(Cl)ccc1OC)C1CCOCC1. The third kappa shape index (κ3) is 4.87. The van der Waals surface area contributed by atoms with E-state index in [9.17, 15) is 0 Å². The molecule has 4 heteroatoms. The number of methoxy groups -OCH3 is 1. The molecule has 118 valence electrons. The average Bonchev–Trinajstić information content (AvgIpc) is 2.52. The first kappa shape index (κ1) is 16.6. The van der Waals surface area contributed by atoms with Gasteiger partial charge in [0.1, 0.15) is 5.75 Å². The summed E-state index contributed by atoms with van der Waals surface area (Å²) in [6, 6.07) is 6.33. The zero-order chi connectivity index (χ0) is 15.1. The number of halogens is 1. The molecule has 1 saturated heterocycles. The van der Waals surface area contributed by atoms with Gasteiger partial charge in [-0.05, 0) is 61.9 Å². The molecule has 0 amide bonds. The van der Waals surface area contributed by atoms with Crippen LogP contribution in [0.15, 0.2) is 18.2 Å². The largest absolute Gasteiger partial charge is 0.496 e. The van der Waals surface area contributed by atoms with Gasteiger partial charge in [0, 0.05) is 24.3 Å². The third-order valence-corrected chi connectivity index (χ3v) is 4.41. The van der Waals surface area contributed by atoms with E-state index in [2.05, 4.69) is 12.2 Å². The highest BCUT2D eigenvalue weighted by atomic mass is 35.5. The minimum Gasteiger partial charge on any atom is -0.496 e. The van der Waals surface area contributed by atoms with E-state index in [0.29, 0.717) is 12.0 Å². The summed E-state index contributed by atoms with van der Waals surface area (Å²) in [6.45, 7) is 5.00. The lowest BCUT2D eigenvalue weighted by Crippen LogP contribution is -2.41. The topological polar surface area (TPSA) is 30.5 Å². The van der Waals surface area contributed by atoms with Crippen LogP contribution in [0, 0.1) is 5.92 Å². The molecule has 1 heterocycles. The number of benzene rings is 1. The van der Waals surface area contributed by atoms with Crippen molar-refractivity contribution >= 4 is 11.6 Å². The normalized spacial score (nSPS) is 17.7. The summed E-state index contributed by atoms with van der Waals surface area (Å²) in [5, 5.41) is 4.47. The van der Waals surface area contributed by atoms with Crippen molar-refractivity contribution in [3.05, 3.63) is 28.8 Å². The summed E-state index contributed by atoms with van der Waals surface area (Å²) in [6.07, 6.45) is 4.36. The molecule has 1 unspecified atom stereocenters. The fourth-order valence-electron chi connectivity index (χ4n) is 3.00. The Kier molecular flexibility index (Phi) is 6.81. The van der Waals surface area contributed by atoms with Crippen LogP contribution in [0.4, 0.5) is 0 Å². The van der Waals surface area contributed by atoms with Gasteiger partial charge in [0.2, 0.25) is 0 Å². The lowest BCUT2D eigenvalue weighted by Gasteiger charge is -2.31. The predicted octanol–water partition coefficient (Wildman–Crippen LogP) is 3.69. The molecule has 1 aliphatic heterocycles. The summed E-state index contributed by atoms with van der Waals surface area (Å²) in [5.41, 5.74) is 1.19. The Labute approximate surface area is 133 Å². The zero-order valence-electron chi connectivity index (χ0n) is 13.0. The standard InChI is InChI=1S/C17H26ClNO2/c1-3-8-19-16(13-6-9-21-10-7-13)12-14-11-15(18)4-5-17(14)20-2/h4-5,11,13,16,19H,3,6-10,12H2,1-2H3. The van der Waals surface area contributed by atoms with Crippen LogP contribution in [-0.2, 0) is 11.2 Å². The van der Waals surface area contributed by atoms with Gasteiger partial charge >= 0.3 is 0 Å². The summed E-state index contributed by atoms with van der Waals surface area (Å²) in [7, 11) is 1.72. The summed E-state index contributed by atoms with van der Waals surface area (Å²) < 4.78 is 11.0. The van der Waals surface area contributed by atoms with Gasteiger partial charge in [0.15, 0.2) is 0 Å². The van der Waals surface area contributed by atoms with Gasteiger partial charge in [-0.25, -0.2) is 0 Å². The molecule has 0 radical (unpaired) electrons. The molecule has 0 aliphatic carbocycles. The average molecular weight is 312 g/mol. The molecule has 0 bridgehead atoms. The Hall–Kier alpha value is -0.770. The van der Waals surface area contributed by atoms with Crippen LogP contribution in [0.5, 0.6) is 5.75 Å². The molecule has 0 aromatic heterocycles. The Bertz CT molecular complexity index is 433. The van der Waals surface area contributed by atoms with Crippen LogP contribution in [0.3, 0.4) is 0 Å². The minimum absolute atomic E-state index is 0.459. The maximum atomic E-state index is 6.15. The maximum absolute atomic E-state index is 6.15. The molecule has 2 rings (SSSR count). The zero-order valence-corrected chi connectivity index (χ0v) is 13.8. The van der Waals surface area contributed by atoms with Gasteiger partial charge in [0.25, 0.3) is 0 Å². The Balaban J connectivity index is 2.11. The van der Waals surface area contributed by atoms with Crippen molar-refractivity contribution < 1.29 is 9.47 Å². The highest BCUT2D eigenvalue weighted by molar-refractivity contribution is 6.30. The monoisotopic (exact) mass is 311 g/mol. The fourth-order valence-corrected chi connectivity index (χ4v) is 3.19. The van der Waals surface area contributed by atoms with Crippen LogP contribution in [0.1, 0.15) is 31.7 Å². The fraction of sp³-hybridized carbons (Fsp3) is 0.647. The maximum Gasteiger partial charge on any atom is 0.122 e. The van der Waals surface area contributed by atoms with Crippen molar-refractivity contribution in [2.45, 2.75) is 38.6 Å². The molecular formula is C17H26ClNO2. The molecule has 3 nitrogen and oxygen atoms in total. The number of ether oxygens (including phenoxy) is 2. The Morgan fingerprint density at radius 1 is 1.38 bits per heavy atom. The summed E-state index contributed by atoms with van der Waals surface area (Å²) >= 11 is 6.15. The van der Waals surface area contributed by atoms with Crippen LogP contribution in [0.2, 0.25) is 5.02 Å². The molecule has 0 spiro atoms. The number of hydrogen-bond donors (Lipinski definition) is 1. The molecular weight excluding hydrogens is 286 g/mol. The van der Waals surface area contributed by atoms with E-state index in [-0.39, 0.29) is 0 Å². The predicted molar refractivity (Wildman–Crippen MR) is 87.3 cm³/mol. The van der Waals surface area contributed by atoms with Crippen LogP contribution in [0.25, 0.3) is 0 Å². The van der Waals surface area contributed by atoms with Crippen molar-refractivity contribution in [3.8, 4) is 5.75 Å². The van der Waals surface area contributed by atoms with E-state index in [1.165, 1.54) is 5.56 Å². The van der Waals surface area contributed by atoms with Gasteiger partial charge in [0.05, 0.1) is 7.11 Å². The van der Waals surface area contributed by atoms with Crippen molar-refractivity contribution in [2.24, 2.45) is 5.92 Å². The molecule has 1 fully saturated rings. The molecule has 0 saturated carbocycles. The van der Waals surface area contributed by atoms with Gasteiger partial charge < -0.3 is 14.8 Å². The molecule has 21 heavy (non-hydrogen) atoms. The van der Waals surface area contributed by atoms with Crippen LogP contribution < -0.4 is 10.1 Å². The number of rotatable bonds is 7. The van der Waals surface area contributed by atoms with E-state index in [1.54, 1.807) is 7.11 Å². The second-order valence-corrected chi connectivity index (χ2v) is 6.11. The Morgan fingerprint density at radius 2 is 2.14 bits per heavy atom. The quantitative estimate of drug-likeness (QED) is 0.833. The van der Waals surface area contributed by atoms with Crippen LogP contribution in [-0.4, -0.2) is 32.9 Å². The molecule has 1 aromatic carbocycles. The second kappa shape index (κ2) is 8.62. The first-order valence-corrected chi connectivity index (χ1v) is 8.26. The number of nitrogens with one attached hydrogen (secondary N) is 1. The second-order valence-electron chi connectivity index (χ2n) is 5.67. The van der Waals surface area contributed by atoms with Gasteiger partial charge in [-0.15, -0.1) is 0 Å². The van der Waals surface area contributed by atoms with Gasteiger partial charge in [-0.3, -0.25) is 0 Å². The molecule has 1 aromatic rings. The molecule has 1 aliphatic rings. The minimum atomic E-state index is 0.459. The first-order valence-electron chi connectivity index (χ1n) is 7.88. The van der Waals surface area contributed by atoms with Crippen molar-refractivity contribution in [1.29, 1.82) is 0 Å². The molecule has 1 atom stereocenters. The Morgan fingerprint density at radius 3 is 2.81 bits per heavy atom. The first-order chi connectivity index (χ1) is 10.2. The molecule has 1 N–H and O–H groups in total. The van der Waals surface area contributed by atoms with E-state index < -0.39 is 0 Å². The lowest BCUT2D eigenvalue weighted by atomic mass is 9.87.